The lowest BCUT2D eigenvalue weighted by Gasteiger charge is -2.19. The Hall–Kier alpha value is -3.35. The van der Waals surface area contributed by atoms with Gasteiger partial charge in [0.1, 0.15) is 11.3 Å². The molecule has 1 N–H and O–H groups in total. The molecule has 0 aliphatic heterocycles. The molecule has 152 valence electrons. The van der Waals surface area contributed by atoms with Crippen LogP contribution in [0.5, 0.6) is 5.75 Å². The van der Waals surface area contributed by atoms with Crippen molar-refractivity contribution in [3.63, 3.8) is 0 Å². The summed E-state index contributed by atoms with van der Waals surface area (Å²) in [5.41, 5.74) is 0.529. The summed E-state index contributed by atoms with van der Waals surface area (Å²) in [6.45, 7) is 3.31. The minimum absolute atomic E-state index is 0.303. The molecule has 0 saturated heterocycles. The van der Waals surface area contributed by atoms with E-state index < -0.39 is 23.5 Å². The maximum Gasteiger partial charge on any atom is 0.344 e. The number of aryl methyl sites for hydroxylation is 1. The van der Waals surface area contributed by atoms with Crippen molar-refractivity contribution in [3.05, 3.63) is 52.4 Å². The minimum Gasteiger partial charge on any atom is -0.548 e. The monoisotopic (exact) mass is 396 g/mol. The third-order valence-electron chi connectivity index (χ3n) is 4.81. The average Bonchev–Trinajstić information content (AvgIpc) is 2.71. The summed E-state index contributed by atoms with van der Waals surface area (Å²) in [6, 6.07) is 9.59. The Morgan fingerprint density at radius 1 is 1.14 bits per heavy atom. The summed E-state index contributed by atoms with van der Waals surface area (Å²) >= 11 is 0. The van der Waals surface area contributed by atoms with Crippen LogP contribution in [0.2, 0.25) is 0 Å². The SMILES string of the molecule is CCCC[C@H](NC(=O)COc1ccc2c(oc(=O)c3ccccc32)c1C)C(=O)[O-]. The number of carboxylic acid groups (broad SMARTS) is 1. The van der Waals surface area contributed by atoms with Gasteiger partial charge in [-0.2, -0.15) is 0 Å². The number of aliphatic carboxylic acids is 1. The smallest absolute Gasteiger partial charge is 0.344 e. The zero-order chi connectivity index (χ0) is 21.0. The average molecular weight is 396 g/mol. The van der Waals surface area contributed by atoms with Crippen molar-refractivity contribution in [1.29, 1.82) is 0 Å². The van der Waals surface area contributed by atoms with Gasteiger partial charge < -0.3 is 24.4 Å². The Morgan fingerprint density at radius 3 is 2.55 bits per heavy atom. The van der Waals surface area contributed by atoms with Crippen molar-refractivity contribution in [2.45, 2.75) is 39.2 Å². The van der Waals surface area contributed by atoms with Crippen LogP contribution in [-0.4, -0.2) is 24.5 Å². The van der Waals surface area contributed by atoms with Gasteiger partial charge in [0.2, 0.25) is 0 Å². The van der Waals surface area contributed by atoms with E-state index in [0.29, 0.717) is 35.1 Å². The van der Waals surface area contributed by atoms with Gasteiger partial charge >= 0.3 is 5.63 Å². The van der Waals surface area contributed by atoms with Crippen LogP contribution in [0.3, 0.4) is 0 Å². The van der Waals surface area contributed by atoms with Gasteiger partial charge in [0.15, 0.2) is 6.61 Å². The molecule has 0 unspecified atom stereocenters. The molecule has 0 bridgehead atoms. The fourth-order valence-corrected chi connectivity index (χ4v) is 3.25. The first kappa shape index (κ1) is 20.4. The lowest BCUT2D eigenvalue weighted by molar-refractivity contribution is -0.308. The number of amides is 1. The fraction of sp³-hybridized carbons (Fsp3) is 0.318. The fourth-order valence-electron chi connectivity index (χ4n) is 3.25. The first-order valence-electron chi connectivity index (χ1n) is 9.50. The van der Waals surface area contributed by atoms with Gasteiger partial charge in [-0.1, -0.05) is 38.0 Å². The topological polar surface area (TPSA) is 109 Å². The molecule has 3 aromatic rings. The molecule has 3 rings (SSSR count). The van der Waals surface area contributed by atoms with Crippen LogP contribution >= 0.6 is 0 Å². The number of carboxylic acids is 1. The Kier molecular flexibility index (Phi) is 6.16. The quantitative estimate of drug-likeness (QED) is 0.461. The van der Waals surface area contributed by atoms with E-state index in [0.717, 1.165) is 17.2 Å². The normalized spacial score (nSPS) is 12.1. The molecule has 7 heteroatoms. The first-order valence-corrected chi connectivity index (χ1v) is 9.50. The van der Waals surface area contributed by atoms with Crippen LogP contribution in [0, 0.1) is 6.92 Å². The van der Waals surface area contributed by atoms with Crippen molar-refractivity contribution in [3.8, 4) is 5.75 Å². The van der Waals surface area contributed by atoms with Gasteiger partial charge in [-0.3, -0.25) is 4.79 Å². The number of rotatable bonds is 8. The molecule has 0 saturated carbocycles. The van der Waals surface area contributed by atoms with Gasteiger partial charge in [-0.15, -0.1) is 0 Å². The summed E-state index contributed by atoms with van der Waals surface area (Å²) in [4.78, 5) is 35.5. The van der Waals surface area contributed by atoms with Gasteiger partial charge in [-0.25, -0.2) is 4.79 Å². The predicted octanol–water partition coefficient (Wildman–Crippen LogP) is 2.06. The number of unbranched alkanes of at least 4 members (excludes halogenated alkanes) is 1. The molecule has 1 amide bonds. The summed E-state index contributed by atoms with van der Waals surface area (Å²) in [5.74, 6) is -1.50. The highest BCUT2D eigenvalue weighted by Gasteiger charge is 2.16. The summed E-state index contributed by atoms with van der Waals surface area (Å²) in [6.07, 6.45) is 1.78. The third-order valence-corrected chi connectivity index (χ3v) is 4.81. The van der Waals surface area contributed by atoms with E-state index >= 15 is 0 Å². The molecule has 0 radical (unpaired) electrons. The molecule has 2 aromatic carbocycles. The summed E-state index contributed by atoms with van der Waals surface area (Å²) < 4.78 is 11.0. The molecular formula is C22H22NO6-. The summed E-state index contributed by atoms with van der Waals surface area (Å²) in [5, 5.41) is 15.6. The maximum absolute atomic E-state index is 12.3. The van der Waals surface area contributed by atoms with E-state index in [1.165, 1.54) is 0 Å². The molecule has 1 aromatic heterocycles. The van der Waals surface area contributed by atoms with E-state index in [-0.39, 0.29) is 6.61 Å². The van der Waals surface area contributed by atoms with Crippen LogP contribution in [0.1, 0.15) is 31.7 Å². The second-order valence-electron chi connectivity index (χ2n) is 6.87. The van der Waals surface area contributed by atoms with Crippen LogP contribution in [0.15, 0.2) is 45.6 Å². The zero-order valence-corrected chi connectivity index (χ0v) is 16.3. The summed E-state index contributed by atoms with van der Waals surface area (Å²) in [7, 11) is 0. The third kappa shape index (κ3) is 4.39. The highest BCUT2D eigenvalue weighted by Crippen LogP contribution is 2.30. The predicted molar refractivity (Wildman–Crippen MR) is 107 cm³/mol. The molecule has 0 fully saturated rings. The lowest BCUT2D eigenvalue weighted by Crippen LogP contribution is -2.49. The molecule has 7 nitrogen and oxygen atoms in total. The number of hydrogen-bond donors (Lipinski definition) is 1. The number of nitrogens with one attached hydrogen (secondary N) is 1. The number of fused-ring (bicyclic) bond motifs is 3. The van der Waals surface area contributed by atoms with Crippen LogP contribution in [0.4, 0.5) is 0 Å². The van der Waals surface area contributed by atoms with Gasteiger partial charge in [-0.05, 0) is 36.9 Å². The van der Waals surface area contributed by atoms with Crippen molar-refractivity contribution >= 4 is 33.6 Å². The Labute approximate surface area is 167 Å². The first-order chi connectivity index (χ1) is 13.9. The second-order valence-corrected chi connectivity index (χ2v) is 6.87. The number of hydrogen-bond acceptors (Lipinski definition) is 6. The van der Waals surface area contributed by atoms with E-state index in [1.807, 2.05) is 19.1 Å². The van der Waals surface area contributed by atoms with Gasteiger partial charge in [0, 0.05) is 10.9 Å². The molecule has 0 aliphatic carbocycles. The van der Waals surface area contributed by atoms with Gasteiger partial charge in [0.05, 0.1) is 17.4 Å². The molecule has 0 spiro atoms. The number of carbonyl (C=O) groups excluding carboxylic acids is 2. The Bertz CT molecular complexity index is 1120. The van der Waals surface area contributed by atoms with Crippen LogP contribution in [0.25, 0.3) is 21.7 Å². The van der Waals surface area contributed by atoms with E-state index in [2.05, 4.69) is 5.32 Å². The largest absolute Gasteiger partial charge is 0.548 e. The molecular weight excluding hydrogens is 374 g/mol. The van der Waals surface area contributed by atoms with Crippen molar-refractivity contribution < 1.29 is 23.8 Å². The van der Waals surface area contributed by atoms with E-state index in [1.54, 1.807) is 31.2 Å². The highest BCUT2D eigenvalue weighted by atomic mass is 16.5. The number of benzene rings is 2. The zero-order valence-electron chi connectivity index (χ0n) is 16.3. The van der Waals surface area contributed by atoms with Crippen LogP contribution in [-0.2, 0) is 9.59 Å². The van der Waals surface area contributed by atoms with Gasteiger partial charge in [0.25, 0.3) is 5.91 Å². The minimum atomic E-state index is -1.32. The highest BCUT2D eigenvalue weighted by molar-refractivity contribution is 6.05. The number of carbonyl (C=O) groups is 2. The molecule has 29 heavy (non-hydrogen) atoms. The van der Waals surface area contributed by atoms with Crippen LogP contribution < -0.4 is 20.8 Å². The Morgan fingerprint density at radius 2 is 1.86 bits per heavy atom. The lowest BCUT2D eigenvalue weighted by atomic mass is 10.0. The number of ether oxygens (including phenoxy) is 1. The Balaban J connectivity index is 1.79. The van der Waals surface area contributed by atoms with E-state index in [4.69, 9.17) is 9.15 Å². The van der Waals surface area contributed by atoms with E-state index in [9.17, 15) is 19.5 Å². The van der Waals surface area contributed by atoms with Crippen molar-refractivity contribution in [2.24, 2.45) is 0 Å². The maximum atomic E-state index is 12.3. The van der Waals surface area contributed by atoms with Crippen molar-refractivity contribution in [2.75, 3.05) is 6.61 Å². The molecule has 0 aliphatic rings. The van der Waals surface area contributed by atoms with Crippen molar-refractivity contribution in [1.82, 2.24) is 5.32 Å². The molecule has 1 heterocycles. The standard InChI is InChI=1S/C22H23NO6/c1-3-4-9-17(21(25)26)23-19(24)12-28-18-11-10-15-14-7-5-6-8-16(14)22(27)29-20(15)13(18)2/h5-8,10-11,17H,3-4,9,12H2,1-2H3,(H,23,24)(H,25,26)/p-1/t17-/m0/s1. The molecule has 1 atom stereocenters. The second kappa shape index (κ2) is 8.77.